The summed E-state index contributed by atoms with van der Waals surface area (Å²) in [6.07, 6.45) is 1.34. The van der Waals surface area contributed by atoms with Crippen LogP contribution >= 0.6 is 0 Å². The number of ether oxygens (including phenoxy) is 1. The second-order valence-electron chi connectivity index (χ2n) is 5.28. The van der Waals surface area contributed by atoms with E-state index in [0.717, 1.165) is 12.8 Å². The summed E-state index contributed by atoms with van der Waals surface area (Å²) < 4.78 is 18.9. The number of anilines is 2. The quantitative estimate of drug-likeness (QED) is 0.596. The molecule has 1 amide bonds. The van der Waals surface area contributed by atoms with Gasteiger partial charge in [0.15, 0.2) is 0 Å². The summed E-state index contributed by atoms with van der Waals surface area (Å²) in [6.45, 7) is 6.44. The van der Waals surface area contributed by atoms with E-state index in [1.165, 1.54) is 18.2 Å². The SMILES string of the molecule is CC(C)CCCOC(C)C(=O)Nc1cc(N)ccc1F. The molecule has 1 unspecified atom stereocenters. The molecular formula is C15H23FN2O2. The molecule has 0 aromatic heterocycles. The molecule has 0 aliphatic heterocycles. The lowest BCUT2D eigenvalue weighted by atomic mass is 10.1. The van der Waals surface area contributed by atoms with Crippen molar-refractivity contribution in [2.24, 2.45) is 5.92 Å². The van der Waals surface area contributed by atoms with Crippen molar-refractivity contribution in [2.75, 3.05) is 17.7 Å². The molecule has 0 radical (unpaired) electrons. The van der Waals surface area contributed by atoms with Crippen molar-refractivity contribution < 1.29 is 13.9 Å². The Morgan fingerprint density at radius 1 is 1.40 bits per heavy atom. The molecule has 1 aromatic rings. The fraction of sp³-hybridized carbons (Fsp3) is 0.533. The topological polar surface area (TPSA) is 64.3 Å². The van der Waals surface area contributed by atoms with Crippen molar-refractivity contribution in [3.05, 3.63) is 24.0 Å². The zero-order valence-electron chi connectivity index (χ0n) is 12.3. The predicted molar refractivity (Wildman–Crippen MR) is 78.9 cm³/mol. The number of benzene rings is 1. The summed E-state index contributed by atoms with van der Waals surface area (Å²) in [5, 5.41) is 2.48. The maximum Gasteiger partial charge on any atom is 0.253 e. The molecule has 1 atom stereocenters. The van der Waals surface area contributed by atoms with E-state index in [-0.39, 0.29) is 11.6 Å². The highest BCUT2D eigenvalue weighted by molar-refractivity contribution is 5.94. The Labute approximate surface area is 119 Å². The van der Waals surface area contributed by atoms with Gasteiger partial charge >= 0.3 is 0 Å². The van der Waals surface area contributed by atoms with Crippen molar-refractivity contribution in [3.8, 4) is 0 Å². The van der Waals surface area contributed by atoms with Gasteiger partial charge in [0.1, 0.15) is 11.9 Å². The number of amides is 1. The highest BCUT2D eigenvalue weighted by Gasteiger charge is 2.15. The lowest BCUT2D eigenvalue weighted by Gasteiger charge is -2.14. The van der Waals surface area contributed by atoms with E-state index < -0.39 is 11.9 Å². The van der Waals surface area contributed by atoms with E-state index in [1.54, 1.807) is 6.92 Å². The van der Waals surface area contributed by atoms with E-state index in [9.17, 15) is 9.18 Å². The first-order valence-corrected chi connectivity index (χ1v) is 6.87. The van der Waals surface area contributed by atoms with Gasteiger partial charge in [-0.2, -0.15) is 0 Å². The van der Waals surface area contributed by atoms with Crippen molar-refractivity contribution in [1.29, 1.82) is 0 Å². The van der Waals surface area contributed by atoms with Gasteiger partial charge in [0.25, 0.3) is 5.91 Å². The van der Waals surface area contributed by atoms with Crippen LogP contribution in [0.15, 0.2) is 18.2 Å². The van der Waals surface area contributed by atoms with Gasteiger partial charge in [-0.1, -0.05) is 13.8 Å². The van der Waals surface area contributed by atoms with Crippen molar-refractivity contribution in [2.45, 2.75) is 39.7 Å². The van der Waals surface area contributed by atoms with Crippen LogP contribution in [0.4, 0.5) is 15.8 Å². The number of hydrogen-bond acceptors (Lipinski definition) is 3. The Hall–Kier alpha value is -1.62. The average molecular weight is 282 g/mol. The molecule has 5 heteroatoms. The predicted octanol–water partition coefficient (Wildman–Crippen LogP) is 3.19. The Kier molecular flexibility index (Phi) is 6.45. The number of rotatable bonds is 7. The van der Waals surface area contributed by atoms with Crippen LogP contribution in [0.1, 0.15) is 33.6 Å². The monoisotopic (exact) mass is 282 g/mol. The van der Waals surface area contributed by atoms with E-state index in [4.69, 9.17) is 10.5 Å². The van der Waals surface area contributed by atoms with Crippen LogP contribution in [0, 0.1) is 11.7 Å². The van der Waals surface area contributed by atoms with Gasteiger partial charge in [-0.05, 0) is 43.9 Å². The molecular weight excluding hydrogens is 259 g/mol. The zero-order chi connectivity index (χ0) is 15.1. The Morgan fingerprint density at radius 3 is 2.75 bits per heavy atom. The van der Waals surface area contributed by atoms with Gasteiger partial charge in [0.05, 0.1) is 5.69 Å². The average Bonchev–Trinajstić information content (AvgIpc) is 2.38. The summed E-state index contributed by atoms with van der Waals surface area (Å²) in [5.74, 6) is -0.275. The Morgan fingerprint density at radius 2 is 2.10 bits per heavy atom. The molecule has 0 saturated carbocycles. The molecule has 20 heavy (non-hydrogen) atoms. The Bertz CT molecular complexity index is 449. The first-order valence-electron chi connectivity index (χ1n) is 6.87. The van der Waals surface area contributed by atoms with Gasteiger partial charge < -0.3 is 15.8 Å². The van der Waals surface area contributed by atoms with E-state index >= 15 is 0 Å². The minimum atomic E-state index is -0.622. The maximum absolute atomic E-state index is 13.5. The maximum atomic E-state index is 13.5. The lowest BCUT2D eigenvalue weighted by Crippen LogP contribution is -2.28. The van der Waals surface area contributed by atoms with Crippen LogP contribution < -0.4 is 11.1 Å². The van der Waals surface area contributed by atoms with Crippen LogP contribution in [0.3, 0.4) is 0 Å². The zero-order valence-corrected chi connectivity index (χ0v) is 12.3. The van der Waals surface area contributed by atoms with E-state index in [2.05, 4.69) is 19.2 Å². The molecule has 0 fully saturated rings. The highest BCUT2D eigenvalue weighted by Crippen LogP contribution is 2.17. The summed E-state index contributed by atoms with van der Waals surface area (Å²) in [5.41, 5.74) is 6.03. The number of halogens is 1. The smallest absolute Gasteiger partial charge is 0.253 e. The third-order valence-electron chi connectivity index (χ3n) is 2.91. The largest absolute Gasteiger partial charge is 0.399 e. The number of carbonyl (C=O) groups is 1. The molecule has 1 rings (SSSR count). The van der Waals surface area contributed by atoms with Crippen LogP contribution in [0.25, 0.3) is 0 Å². The molecule has 0 aliphatic carbocycles. The minimum absolute atomic E-state index is 0.0765. The van der Waals surface area contributed by atoms with Crippen LogP contribution in [-0.2, 0) is 9.53 Å². The molecule has 0 aliphatic rings. The number of nitrogens with one attached hydrogen (secondary N) is 1. The van der Waals surface area contributed by atoms with Crippen LogP contribution in [0.5, 0.6) is 0 Å². The minimum Gasteiger partial charge on any atom is -0.399 e. The first-order chi connectivity index (χ1) is 9.40. The third kappa shape index (κ3) is 5.57. The lowest BCUT2D eigenvalue weighted by molar-refractivity contribution is -0.126. The normalized spacial score (nSPS) is 12.4. The van der Waals surface area contributed by atoms with Crippen molar-refractivity contribution in [3.63, 3.8) is 0 Å². The summed E-state index contributed by atoms with van der Waals surface area (Å²) in [6, 6.07) is 4.05. The van der Waals surface area contributed by atoms with Crippen molar-refractivity contribution in [1.82, 2.24) is 0 Å². The summed E-state index contributed by atoms with van der Waals surface area (Å²) in [7, 11) is 0. The van der Waals surface area contributed by atoms with Gasteiger partial charge in [0.2, 0.25) is 0 Å². The summed E-state index contributed by atoms with van der Waals surface area (Å²) >= 11 is 0. The van der Waals surface area contributed by atoms with Gasteiger partial charge in [-0.15, -0.1) is 0 Å². The van der Waals surface area contributed by atoms with Crippen LogP contribution in [-0.4, -0.2) is 18.6 Å². The molecule has 0 heterocycles. The molecule has 0 saturated heterocycles. The summed E-state index contributed by atoms with van der Waals surface area (Å²) in [4.78, 5) is 11.9. The van der Waals surface area contributed by atoms with Gasteiger partial charge in [-0.3, -0.25) is 4.79 Å². The first kappa shape index (κ1) is 16.4. The highest BCUT2D eigenvalue weighted by atomic mass is 19.1. The fourth-order valence-corrected chi connectivity index (χ4v) is 1.70. The second kappa shape index (κ2) is 7.85. The third-order valence-corrected chi connectivity index (χ3v) is 2.91. The molecule has 0 bridgehead atoms. The van der Waals surface area contributed by atoms with Gasteiger partial charge in [0, 0.05) is 12.3 Å². The van der Waals surface area contributed by atoms with Gasteiger partial charge in [-0.25, -0.2) is 4.39 Å². The molecule has 3 N–H and O–H groups in total. The van der Waals surface area contributed by atoms with Crippen LogP contribution in [0.2, 0.25) is 0 Å². The standard InChI is InChI=1S/C15H23FN2O2/c1-10(2)5-4-8-20-11(3)15(19)18-14-9-12(17)6-7-13(14)16/h6-7,9-11H,4-5,8,17H2,1-3H3,(H,18,19). The number of nitrogens with two attached hydrogens (primary N) is 1. The molecule has 112 valence electrons. The number of nitrogen functional groups attached to an aromatic ring is 1. The molecule has 0 spiro atoms. The van der Waals surface area contributed by atoms with Crippen molar-refractivity contribution >= 4 is 17.3 Å². The second-order valence-corrected chi connectivity index (χ2v) is 5.28. The Balaban J connectivity index is 2.43. The number of hydrogen-bond donors (Lipinski definition) is 2. The number of carbonyl (C=O) groups excluding carboxylic acids is 1. The fourth-order valence-electron chi connectivity index (χ4n) is 1.70. The van der Waals surface area contributed by atoms with E-state index in [0.29, 0.717) is 18.2 Å². The molecule has 4 nitrogen and oxygen atoms in total. The van der Waals surface area contributed by atoms with E-state index in [1.807, 2.05) is 0 Å². The molecule has 1 aromatic carbocycles.